The van der Waals surface area contributed by atoms with Crippen LogP contribution in [0.15, 0.2) is 72.1 Å². The summed E-state index contributed by atoms with van der Waals surface area (Å²) >= 11 is 0. The molecule has 0 aliphatic carbocycles. The van der Waals surface area contributed by atoms with E-state index in [0.29, 0.717) is 49.3 Å². The fourth-order valence-electron chi connectivity index (χ4n) is 4.15. The predicted molar refractivity (Wildman–Crippen MR) is 126 cm³/mol. The lowest BCUT2D eigenvalue weighted by molar-refractivity contribution is 0.0953. The standard InChI is InChI=1S/C24H23N5O3S/c30-24(26-11-9-17-14-27-21-7-2-1-6-20(17)21)18-13-23-22(28-15-18)8-4-12-29(23)33(31,32)19-5-3-10-25-16-19/h1-3,5-7,10,13-16,27H,4,8-9,11-12H2,(H-,26,30,31,32). The van der Waals surface area contributed by atoms with Crippen LogP contribution in [0.2, 0.25) is 0 Å². The van der Waals surface area contributed by atoms with Gasteiger partial charge in [0.15, 0.2) is 15.3 Å². The van der Waals surface area contributed by atoms with Gasteiger partial charge in [-0.25, -0.2) is 0 Å². The van der Waals surface area contributed by atoms with Crippen LogP contribution in [0, 0.1) is 0 Å². The zero-order chi connectivity index (χ0) is 22.8. The van der Waals surface area contributed by atoms with Crippen LogP contribution in [-0.4, -0.2) is 38.5 Å². The number of nitrogens with one attached hydrogen (secondary N) is 2. The Hall–Kier alpha value is -3.56. The predicted octanol–water partition coefficient (Wildman–Crippen LogP) is 3.29. The van der Waals surface area contributed by atoms with Crippen molar-refractivity contribution in [1.82, 2.24) is 20.3 Å². The Bertz CT molecular complexity index is 1350. The highest BCUT2D eigenvalue weighted by molar-refractivity contribution is 7.99. The molecular formula is C24H23N5O3S. The lowest BCUT2D eigenvalue weighted by Crippen LogP contribution is -2.40. The molecule has 3 aromatic heterocycles. The van der Waals surface area contributed by atoms with Crippen LogP contribution in [-0.2, 0) is 27.5 Å². The van der Waals surface area contributed by atoms with Crippen LogP contribution in [0.3, 0.4) is 0 Å². The van der Waals surface area contributed by atoms with E-state index in [-0.39, 0.29) is 10.8 Å². The molecule has 33 heavy (non-hydrogen) atoms. The van der Waals surface area contributed by atoms with Crippen LogP contribution in [0.1, 0.15) is 28.0 Å². The number of amides is 1. The Morgan fingerprint density at radius 1 is 1.21 bits per heavy atom. The Labute approximate surface area is 192 Å². The van der Waals surface area contributed by atoms with Gasteiger partial charge in [-0.2, -0.15) is 4.31 Å². The highest BCUT2D eigenvalue weighted by atomic mass is 32.3. The van der Waals surface area contributed by atoms with Gasteiger partial charge in [-0.15, -0.1) is 0 Å². The van der Waals surface area contributed by atoms with Gasteiger partial charge < -0.3 is 14.9 Å². The summed E-state index contributed by atoms with van der Waals surface area (Å²) in [6.45, 7) is 0.785. The summed E-state index contributed by atoms with van der Waals surface area (Å²) in [5, 5.41) is 4.06. The topological polar surface area (TPSA) is 114 Å². The quantitative estimate of drug-likeness (QED) is 0.428. The van der Waals surface area contributed by atoms with Crippen LogP contribution in [0.4, 0.5) is 5.69 Å². The van der Waals surface area contributed by atoms with E-state index in [1.165, 1.54) is 29.0 Å². The molecule has 1 unspecified atom stereocenters. The maximum Gasteiger partial charge on any atom is 0.252 e. The average molecular weight is 462 g/mol. The molecular weight excluding hydrogens is 438 g/mol. The third kappa shape index (κ3) is 4.12. The van der Waals surface area contributed by atoms with E-state index < -0.39 is 10.4 Å². The van der Waals surface area contributed by atoms with Crippen molar-refractivity contribution in [2.45, 2.75) is 24.2 Å². The minimum Gasteiger partial charge on any atom is -0.588 e. The number of para-hydroxylation sites is 1. The number of nitrogens with zero attached hydrogens (tertiary/aromatic N) is 3. The molecule has 0 saturated carbocycles. The normalized spacial score (nSPS) is 15.1. The maximum atomic E-state index is 13.2. The molecule has 8 nitrogen and oxygen atoms in total. The number of anilines is 1. The van der Waals surface area contributed by atoms with Gasteiger partial charge in [-0.1, -0.05) is 22.4 Å². The SMILES string of the molecule is O=C(NCCc1c[nH]c2ccccc12)c1cnc2c(c1)N([S+](=O)([O-])c1cccnc1)CCC2. The van der Waals surface area contributed by atoms with Gasteiger partial charge in [-0.3, -0.25) is 14.8 Å². The number of rotatable bonds is 6. The van der Waals surface area contributed by atoms with Gasteiger partial charge in [0.05, 0.1) is 24.0 Å². The Morgan fingerprint density at radius 2 is 2.09 bits per heavy atom. The first kappa shape index (κ1) is 21.3. The monoisotopic (exact) mass is 461 g/mol. The lowest BCUT2D eigenvalue weighted by Gasteiger charge is -2.32. The van der Waals surface area contributed by atoms with E-state index in [4.69, 9.17) is 0 Å². The van der Waals surface area contributed by atoms with E-state index in [1.807, 2.05) is 30.5 Å². The summed E-state index contributed by atoms with van der Waals surface area (Å²) in [5.41, 5.74) is 3.65. The maximum absolute atomic E-state index is 13.2. The zero-order valence-corrected chi connectivity index (χ0v) is 18.7. The minimum atomic E-state index is -3.79. The summed E-state index contributed by atoms with van der Waals surface area (Å²) in [7, 11) is -3.79. The summed E-state index contributed by atoms with van der Waals surface area (Å²) in [5.74, 6) is -0.283. The second kappa shape index (κ2) is 8.76. The molecule has 1 atom stereocenters. The molecule has 0 spiro atoms. The third-order valence-corrected chi connectivity index (χ3v) is 7.63. The molecule has 168 valence electrons. The number of aromatic nitrogens is 3. The number of aryl methyl sites for hydroxylation is 1. The second-order valence-corrected chi connectivity index (χ2v) is 9.79. The van der Waals surface area contributed by atoms with E-state index >= 15 is 0 Å². The summed E-state index contributed by atoms with van der Waals surface area (Å²) in [6, 6.07) is 12.8. The molecule has 1 amide bonds. The van der Waals surface area contributed by atoms with E-state index in [1.54, 1.807) is 12.1 Å². The third-order valence-electron chi connectivity index (χ3n) is 5.83. The van der Waals surface area contributed by atoms with Gasteiger partial charge in [-0.05, 0) is 49.1 Å². The molecule has 4 heterocycles. The van der Waals surface area contributed by atoms with Gasteiger partial charge in [0.2, 0.25) is 0 Å². The number of hydrogen-bond acceptors (Lipinski definition) is 5. The van der Waals surface area contributed by atoms with Crippen molar-refractivity contribution in [3.8, 4) is 0 Å². The highest BCUT2D eigenvalue weighted by Gasteiger charge is 2.35. The smallest absolute Gasteiger partial charge is 0.252 e. The molecule has 4 aromatic rings. The average Bonchev–Trinajstić information content (AvgIpc) is 3.27. The molecule has 0 bridgehead atoms. The summed E-state index contributed by atoms with van der Waals surface area (Å²) in [6.07, 6.45) is 8.34. The molecule has 1 aromatic carbocycles. The number of carbonyl (C=O) groups is 1. The first-order valence-electron chi connectivity index (χ1n) is 10.8. The van der Waals surface area contributed by atoms with Crippen LogP contribution < -0.4 is 9.62 Å². The fraction of sp³-hybridized carbons (Fsp3) is 0.208. The first-order chi connectivity index (χ1) is 16.0. The Kier molecular flexibility index (Phi) is 5.65. The molecule has 0 saturated heterocycles. The van der Waals surface area contributed by atoms with Crippen molar-refractivity contribution in [1.29, 1.82) is 0 Å². The van der Waals surface area contributed by atoms with Crippen molar-refractivity contribution in [3.05, 3.63) is 84.1 Å². The molecule has 1 aliphatic heterocycles. The van der Waals surface area contributed by atoms with Gasteiger partial charge in [0, 0.05) is 36.0 Å². The van der Waals surface area contributed by atoms with Crippen molar-refractivity contribution in [2.75, 3.05) is 17.4 Å². The fourth-order valence-corrected chi connectivity index (χ4v) is 5.64. The molecule has 0 fully saturated rings. The minimum absolute atomic E-state index is 0.117. The van der Waals surface area contributed by atoms with Crippen molar-refractivity contribution in [2.24, 2.45) is 0 Å². The zero-order valence-electron chi connectivity index (χ0n) is 17.9. The highest BCUT2D eigenvalue weighted by Crippen LogP contribution is 2.33. The lowest BCUT2D eigenvalue weighted by atomic mass is 10.1. The number of fused-ring (bicyclic) bond motifs is 2. The summed E-state index contributed by atoms with van der Waals surface area (Å²) < 4.78 is 27.7. The number of H-pyrrole nitrogens is 1. The van der Waals surface area contributed by atoms with Crippen LogP contribution in [0.5, 0.6) is 0 Å². The number of pyridine rings is 2. The number of benzene rings is 1. The number of aromatic amines is 1. The van der Waals surface area contributed by atoms with Crippen LogP contribution in [0.25, 0.3) is 10.9 Å². The van der Waals surface area contributed by atoms with Crippen LogP contribution >= 0.6 is 0 Å². The van der Waals surface area contributed by atoms with Crippen molar-refractivity contribution >= 4 is 32.9 Å². The van der Waals surface area contributed by atoms with Gasteiger partial charge in [0.1, 0.15) is 5.69 Å². The Balaban J connectivity index is 1.33. The van der Waals surface area contributed by atoms with Gasteiger partial charge >= 0.3 is 0 Å². The molecule has 9 heteroatoms. The largest absolute Gasteiger partial charge is 0.588 e. The first-order valence-corrected chi connectivity index (χ1v) is 12.2. The van der Waals surface area contributed by atoms with Crippen molar-refractivity contribution < 1.29 is 13.6 Å². The Morgan fingerprint density at radius 3 is 2.94 bits per heavy atom. The molecule has 1 aliphatic rings. The second-order valence-electron chi connectivity index (χ2n) is 7.92. The number of hydrogen-bond donors (Lipinski definition) is 2. The van der Waals surface area contributed by atoms with E-state index in [9.17, 15) is 13.6 Å². The number of sulfonamides is 1. The summed E-state index contributed by atoms with van der Waals surface area (Å²) in [4.78, 5) is 24.5. The molecule has 2 N–H and O–H groups in total. The number of carbonyl (C=O) groups excluding carboxylic acids is 1. The molecule has 5 rings (SSSR count). The van der Waals surface area contributed by atoms with Crippen molar-refractivity contribution in [3.63, 3.8) is 0 Å². The van der Waals surface area contributed by atoms with Gasteiger partial charge in [0.25, 0.3) is 5.91 Å². The van der Waals surface area contributed by atoms with E-state index in [2.05, 4.69) is 20.3 Å². The van der Waals surface area contributed by atoms with E-state index in [0.717, 1.165) is 16.5 Å². The molecule has 0 radical (unpaired) electrons.